The summed E-state index contributed by atoms with van der Waals surface area (Å²) in [6, 6.07) is 4.82. The van der Waals surface area contributed by atoms with Crippen LogP contribution < -0.4 is 16.2 Å². The average Bonchev–Trinajstić information content (AvgIpc) is 2.84. The highest BCUT2D eigenvalue weighted by Gasteiger charge is 2.15. The second kappa shape index (κ2) is 5.86. The van der Waals surface area contributed by atoms with Gasteiger partial charge in [0.15, 0.2) is 0 Å². The van der Waals surface area contributed by atoms with Crippen LogP contribution in [0.15, 0.2) is 29.6 Å². The van der Waals surface area contributed by atoms with Gasteiger partial charge in [-0.25, -0.2) is 10.1 Å². The molecule has 110 valence electrons. The number of nitro groups is 1. The summed E-state index contributed by atoms with van der Waals surface area (Å²) in [7, 11) is 3.48. The third-order valence-electron chi connectivity index (χ3n) is 2.63. The molecule has 0 radical (unpaired) electrons. The van der Waals surface area contributed by atoms with E-state index in [1.165, 1.54) is 18.6 Å². The van der Waals surface area contributed by atoms with Gasteiger partial charge in [0.25, 0.3) is 11.6 Å². The van der Waals surface area contributed by atoms with Crippen molar-refractivity contribution in [1.82, 2.24) is 14.9 Å². The summed E-state index contributed by atoms with van der Waals surface area (Å²) in [4.78, 5) is 12.3. The predicted octanol–water partition coefficient (Wildman–Crippen LogP) is 0.412. The van der Waals surface area contributed by atoms with Gasteiger partial charge in [-0.15, -0.1) is 10.2 Å². The van der Waals surface area contributed by atoms with Crippen molar-refractivity contribution in [2.24, 2.45) is 5.10 Å². The second-order valence-corrected chi connectivity index (χ2v) is 4.33. The summed E-state index contributed by atoms with van der Waals surface area (Å²) >= 11 is 0. The summed E-state index contributed by atoms with van der Waals surface area (Å²) in [5, 5.41) is 22.2. The maximum Gasteiger partial charge on any atom is 0.293 e. The van der Waals surface area contributed by atoms with Crippen molar-refractivity contribution in [3.8, 4) is 0 Å². The van der Waals surface area contributed by atoms with Crippen LogP contribution in [0, 0.1) is 10.1 Å². The lowest BCUT2D eigenvalue weighted by Gasteiger charge is -2.12. The Morgan fingerprint density at radius 2 is 2.29 bits per heavy atom. The number of benzene rings is 1. The van der Waals surface area contributed by atoms with E-state index in [0.717, 1.165) is 4.68 Å². The maximum atomic E-state index is 11.1. The molecule has 0 fully saturated rings. The van der Waals surface area contributed by atoms with Gasteiger partial charge < -0.3 is 10.7 Å². The number of hydrogen-bond acceptors (Lipinski definition) is 8. The Labute approximate surface area is 120 Å². The molecule has 0 aliphatic heterocycles. The summed E-state index contributed by atoms with van der Waals surface area (Å²) < 4.78 is 1.16. The molecule has 0 saturated carbocycles. The lowest BCUT2D eigenvalue weighted by Crippen LogP contribution is -2.11. The molecule has 1 heterocycles. The molecule has 1 aromatic carbocycles. The Hall–Kier alpha value is -3.17. The van der Waals surface area contributed by atoms with Crippen molar-refractivity contribution in [3.05, 3.63) is 40.2 Å². The minimum Gasteiger partial charge on any atom is -0.372 e. The summed E-state index contributed by atoms with van der Waals surface area (Å²) in [6.45, 7) is 0. The Kier molecular flexibility index (Phi) is 3.97. The van der Waals surface area contributed by atoms with Crippen LogP contribution in [-0.4, -0.2) is 40.1 Å². The molecule has 10 nitrogen and oxygen atoms in total. The Balaban J connectivity index is 2.19. The number of aromatic nitrogens is 3. The molecule has 0 aliphatic carbocycles. The summed E-state index contributed by atoms with van der Waals surface area (Å²) in [5.74, 6) is 5.75. The van der Waals surface area contributed by atoms with Crippen LogP contribution in [0.25, 0.3) is 0 Å². The van der Waals surface area contributed by atoms with E-state index >= 15 is 0 Å². The first-order valence-electron chi connectivity index (χ1n) is 5.89. The van der Waals surface area contributed by atoms with Crippen LogP contribution in [0.4, 0.5) is 17.3 Å². The van der Waals surface area contributed by atoms with Crippen molar-refractivity contribution < 1.29 is 4.92 Å². The largest absolute Gasteiger partial charge is 0.372 e. The van der Waals surface area contributed by atoms with Crippen molar-refractivity contribution >= 4 is 23.5 Å². The van der Waals surface area contributed by atoms with E-state index in [1.54, 1.807) is 31.1 Å². The molecule has 0 unspecified atom stereocenters. The van der Waals surface area contributed by atoms with Crippen LogP contribution in [0.5, 0.6) is 0 Å². The van der Waals surface area contributed by atoms with Crippen molar-refractivity contribution in [3.63, 3.8) is 0 Å². The number of hydrogen-bond donors (Lipinski definition) is 2. The van der Waals surface area contributed by atoms with Crippen molar-refractivity contribution in [2.75, 3.05) is 30.3 Å². The van der Waals surface area contributed by atoms with E-state index < -0.39 is 4.92 Å². The molecule has 0 spiro atoms. The zero-order chi connectivity index (χ0) is 15.4. The topological polar surface area (TPSA) is 128 Å². The predicted molar refractivity (Wildman–Crippen MR) is 78.8 cm³/mol. The standard InChI is InChI=1S/C11H14N8O2/c1-17(2)9-4-3-8(5-10(9)19(20)21)6-13-15-11-16-14-7-18(11)12/h3-7H,12H2,1-2H3,(H,15,16). The molecule has 2 rings (SSSR count). The van der Waals surface area contributed by atoms with Crippen LogP contribution >= 0.6 is 0 Å². The van der Waals surface area contributed by atoms with Gasteiger partial charge in [-0.1, -0.05) is 6.07 Å². The van der Waals surface area contributed by atoms with Crippen LogP contribution in [0.2, 0.25) is 0 Å². The molecule has 0 saturated heterocycles. The molecule has 0 bridgehead atoms. The van der Waals surface area contributed by atoms with Gasteiger partial charge in [-0.2, -0.15) is 5.10 Å². The third-order valence-corrected chi connectivity index (χ3v) is 2.63. The molecule has 21 heavy (non-hydrogen) atoms. The minimum absolute atomic E-state index is 0.00550. The Morgan fingerprint density at radius 1 is 1.52 bits per heavy atom. The number of hydrazone groups is 1. The van der Waals surface area contributed by atoms with E-state index in [0.29, 0.717) is 11.3 Å². The number of nitro benzene ring substituents is 1. The lowest BCUT2D eigenvalue weighted by atomic mass is 10.2. The lowest BCUT2D eigenvalue weighted by molar-refractivity contribution is -0.384. The van der Waals surface area contributed by atoms with Gasteiger partial charge in [-0.05, 0) is 6.07 Å². The fourth-order valence-electron chi connectivity index (χ4n) is 1.63. The van der Waals surface area contributed by atoms with E-state index in [-0.39, 0.29) is 11.6 Å². The highest BCUT2D eigenvalue weighted by Crippen LogP contribution is 2.27. The van der Waals surface area contributed by atoms with E-state index in [9.17, 15) is 10.1 Å². The summed E-state index contributed by atoms with van der Waals surface area (Å²) in [6.07, 6.45) is 2.75. The molecular formula is C11H14N8O2. The highest BCUT2D eigenvalue weighted by atomic mass is 16.6. The summed E-state index contributed by atoms with van der Waals surface area (Å²) in [5.41, 5.74) is 3.68. The molecule has 2 aromatic rings. The van der Waals surface area contributed by atoms with Crippen LogP contribution in [-0.2, 0) is 0 Å². The van der Waals surface area contributed by atoms with E-state index in [1.807, 2.05) is 0 Å². The highest BCUT2D eigenvalue weighted by molar-refractivity contribution is 5.83. The first kappa shape index (κ1) is 14.2. The first-order chi connectivity index (χ1) is 9.99. The number of rotatable bonds is 5. The SMILES string of the molecule is CN(C)c1ccc(C=NNc2nncn2N)cc1[N+](=O)[O-]. The maximum absolute atomic E-state index is 11.1. The van der Waals surface area contributed by atoms with Gasteiger partial charge in [0.2, 0.25) is 0 Å². The fraction of sp³-hybridized carbons (Fsp3) is 0.182. The number of nitrogens with one attached hydrogen (secondary N) is 1. The molecular weight excluding hydrogens is 276 g/mol. The second-order valence-electron chi connectivity index (χ2n) is 4.33. The monoisotopic (exact) mass is 290 g/mol. The number of nitrogens with two attached hydrogens (primary N) is 1. The van der Waals surface area contributed by atoms with E-state index in [2.05, 4.69) is 20.7 Å². The van der Waals surface area contributed by atoms with Gasteiger partial charge in [0.1, 0.15) is 12.0 Å². The molecule has 10 heteroatoms. The zero-order valence-electron chi connectivity index (χ0n) is 11.5. The normalized spacial score (nSPS) is 10.8. The molecule has 0 amide bonds. The Morgan fingerprint density at radius 3 is 2.86 bits per heavy atom. The minimum atomic E-state index is -0.434. The molecule has 0 aliphatic rings. The quantitative estimate of drug-likeness (QED) is 0.353. The molecule has 1 aromatic heterocycles. The third kappa shape index (κ3) is 3.23. The van der Waals surface area contributed by atoms with Crippen molar-refractivity contribution in [2.45, 2.75) is 0 Å². The van der Waals surface area contributed by atoms with Crippen molar-refractivity contribution in [1.29, 1.82) is 0 Å². The van der Waals surface area contributed by atoms with E-state index in [4.69, 9.17) is 5.84 Å². The van der Waals surface area contributed by atoms with Crippen LogP contribution in [0.1, 0.15) is 5.56 Å². The number of nitrogens with zero attached hydrogens (tertiary/aromatic N) is 6. The smallest absolute Gasteiger partial charge is 0.293 e. The molecule has 3 N–H and O–H groups in total. The zero-order valence-corrected chi connectivity index (χ0v) is 11.5. The Bertz CT molecular complexity index is 679. The van der Waals surface area contributed by atoms with Gasteiger partial charge in [0.05, 0.1) is 11.1 Å². The number of anilines is 2. The van der Waals surface area contributed by atoms with Crippen LogP contribution in [0.3, 0.4) is 0 Å². The van der Waals surface area contributed by atoms with Gasteiger partial charge >= 0.3 is 0 Å². The fourth-order valence-corrected chi connectivity index (χ4v) is 1.63. The molecule has 0 atom stereocenters. The number of nitrogen functional groups attached to an aromatic ring is 1. The average molecular weight is 290 g/mol. The van der Waals surface area contributed by atoms with Gasteiger partial charge in [0, 0.05) is 25.7 Å². The first-order valence-corrected chi connectivity index (χ1v) is 5.89. The van der Waals surface area contributed by atoms with Gasteiger partial charge in [-0.3, -0.25) is 10.1 Å².